The molecule has 0 unspecified atom stereocenters. The third-order valence-electron chi connectivity index (χ3n) is 2.17. The summed E-state index contributed by atoms with van der Waals surface area (Å²) >= 11 is 0. The average molecular weight is 182 g/mol. The second-order valence-electron chi connectivity index (χ2n) is 2.99. The van der Waals surface area contributed by atoms with Gasteiger partial charge in [-0.3, -0.25) is 0 Å². The van der Waals surface area contributed by atoms with E-state index in [4.69, 9.17) is 0 Å². The number of benzene rings is 1. The van der Waals surface area contributed by atoms with E-state index in [2.05, 4.69) is 20.2 Å². The Morgan fingerprint density at radius 2 is 2.07 bits per heavy atom. The van der Waals surface area contributed by atoms with Crippen molar-refractivity contribution in [1.82, 2.24) is 20.2 Å². The summed E-state index contributed by atoms with van der Waals surface area (Å²) in [7, 11) is 0. The quantitative estimate of drug-likeness (QED) is 0.495. The van der Waals surface area contributed by atoms with E-state index < -0.39 is 0 Å². The second-order valence-corrected chi connectivity index (χ2v) is 2.99. The third-order valence-corrected chi connectivity index (χ3v) is 2.17. The zero-order valence-electron chi connectivity index (χ0n) is 7.25. The molecule has 2 heterocycles. The molecule has 1 aromatic carbocycles. The lowest BCUT2D eigenvalue weighted by atomic mass is 10.1. The fourth-order valence-corrected chi connectivity index (χ4v) is 1.52. The SMILES string of the molecule is c1cc2c(ccc3cncnc32)nn1. The molecule has 0 amide bonds. The van der Waals surface area contributed by atoms with Gasteiger partial charge in [0.2, 0.25) is 0 Å². The molecule has 0 radical (unpaired) electrons. The van der Waals surface area contributed by atoms with Crippen LogP contribution in [0.25, 0.3) is 21.8 Å². The largest absolute Gasteiger partial charge is 0.244 e. The van der Waals surface area contributed by atoms with E-state index in [0.717, 1.165) is 21.8 Å². The van der Waals surface area contributed by atoms with Crippen LogP contribution in [-0.2, 0) is 0 Å². The van der Waals surface area contributed by atoms with Gasteiger partial charge in [-0.25, -0.2) is 9.97 Å². The van der Waals surface area contributed by atoms with Gasteiger partial charge in [-0.2, -0.15) is 10.2 Å². The normalized spacial score (nSPS) is 10.9. The first-order valence-electron chi connectivity index (χ1n) is 4.25. The van der Waals surface area contributed by atoms with Crippen molar-refractivity contribution in [2.45, 2.75) is 0 Å². The molecule has 66 valence electrons. The van der Waals surface area contributed by atoms with E-state index in [1.54, 1.807) is 18.7 Å². The van der Waals surface area contributed by atoms with Gasteiger partial charge in [0.15, 0.2) is 0 Å². The smallest absolute Gasteiger partial charge is 0.116 e. The van der Waals surface area contributed by atoms with Gasteiger partial charge in [-0.15, -0.1) is 0 Å². The molecule has 0 aliphatic rings. The molecular weight excluding hydrogens is 176 g/mol. The van der Waals surface area contributed by atoms with Crippen LogP contribution in [0.4, 0.5) is 0 Å². The Kier molecular flexibility index (Phi) is 1.41. The van der Waals surface area contributed by atoms with Crippen molar-refractivity contribution in [3.8, 4) is 0 Å². The minimum Gasteiger partial charge on any atom is -0.244 e. The molecule has 4 heteroatoms. The number of aromatic nitrogens is 4. The molecular formula is C10H6N4. The van der Waals surface area contributed by atoms with Crippen molar-refractivity contribution in [1.29, 1.82) is 0 Å². The van der Waals surface area contributed by atoms with Gasteiger partial charge in [-0.1, -0.05) is 0 Å². The summed E-state index contributed by atoms with van der Waals surface area (Å²) in [5.41, 5.74) is 1.78. The van der Waals surface area contributed by atoms with Crippen LogP contribution in [0.3, 0.4) is 0 Å². The average Bonchev–Trinajstić information content (AvgIpc) is 2.29. The Morgan fingerprint density at radius 1 is 1.07 bits per heavy atom. The molecule has 0 saturated heterocycles. The zero-order valence-corrected chi connectivity index (χ0v) is 7.25. The van der Waals surface area contributed by atoms with Gasteiger partial charge < -0.3 is 0 Å². The van der Waals surface area contributed by atoms with Crippen molar-refractivity contribution in [2.75, 3.05) is 0 Å². The second kappa shape index (κ2) is 2.70. The minimum atomic E-state index is 0.860. The summed E-state index contributed by atoms with van der Waals surface area (Å²) in [4.78, 5) is 8.20. The van der Waals surface area contributed by atoms with Gasteiger partial charge in [-0.05, 0) is 18.2 Å². The summed E-state index contributed by atoms with van der Waals surface area (Å²) in [5.74, 6) is 0. The molecule has 0 aliphatic heterocycles. The first-order chi connectivity index (χ1) is 6.95. The van der Waals surface area contributed by atoms with Gasteiger partial charge in [0.25, 0.3) is 0 Å². The highest BCUT2D eigenvalue weighted by Crippen LogP contribution is 2.19. The summed E-state index contributed by atoms with van der Waals surface area (Å²) < 4.78 is 0. The summed E-state index contributed by atoms with van der Waals surface area (Å²) in [6.07, 6.45) is 5.01. The Hall–Kier alpha value is -2.10. The third kappa shape index (κ3) is 0.939. The fourth-order valence-electron chi connectivity index (χ4n) is 1.52. The lowest BCUT2D eigenvalue weighted by molar-refractivity contribution is 1.08. The predicted molar refractivity (Wildman–Crippen MR) is 52.6 cm³/mol. The minimum absolute atomic E-state index is 0.860. The molecule has 0 saturated carbocycles. The van der Waals surface area contributed by atoms with Crippen molar-refractivity contribution >= 4 is 21.8 Å². The maximum absolute atomic E-state index is 4.23. The number of rotatable bonds is 0. The molecule has 14 heavy (non-hydrogen) atoms. The topological polar surface area (TPSA) is 51.6 Å². The summed E-state index contributed by atoms with van der Waals surface area (Å²) in [6, 6.07) is 5.79. The Balaban J connectivity index is 2.61. The van der Waals surface area contributed by atoms with Crippen molar-refractivity contribution in [2.24, 2.45) is 0 Å². The molecule has 0 atom stereocenters. The number of hydrogen-bond donors (Lipinski definition) is 0. The van der Waals surface area contributed by atoms with Crippen LogP contribution in [0.1, 0.15) is 0 Å². The van der Waals surface area contributed by atoms with Gasteiger partial charge in [0.1, 0.15) is 6.33 Å². The molecule has 0 aliphatic carbocycles. The van der Waals surface area contributed by atoms with Gasteiger partial charge >= 0.3 is 0 Å². The molecule has 3 rings (SSSR count). The fraction of sp³-hybridized carbons (Fsp3) is 0. The predicted octanol–water partition coefficient (Wildman–Crippen LogP) is 1.57. The van der Waals surface area contributed by atoms with Crippen molar-refractivity contribution in [3.63, 3.8) is 0 Å². The highest BCUT2D eigenvalue weighted by atomic mass is 15.1. The summed E-state index contributed by atoms with van der Waals surface area (Å²) in [6.45, 7) is 0. The first kappa shape index (κ1) is 7.32. The van der Waals surface area contributed by atoms with Crippen molar-refractivity contribution < 1.29 is 0 Å². The Labute approximate surface area is 79.6 Å². The van der Waals surface area contributed by atoms with Crippen LogP contribution in [0, 0.1) is 0 Å². The first-order valence-corrected chi connectivity index (χ1v) is 4.25. The number of hydrogen-bond acceptors (Lipinski definition) is 4. The van der Waals surface area contributed by atoms with Crippen LogP contribution in [0.2, 0.25) is 0 Å². The van der Waals surface area contributed by atoms with Crippen LogP contribution >= 0.6 is 0 Å². The molecule has 3 aromatic rings. The molecule has 0 bridgehead atoms. The Morgan fingerprint density at radius 3 is 3.07 bits per heavy atom. The molecule has 0 fully saturated rings. The zero-order chi connectivity index (χ0) is 9.38. The monoisotopic (exact) mass is 182 g/mol. The lowest BCUT2D eigenvalue weighted by Crippen LogP contribution is -1.86. The highest BCUT2D eigenvalue weighted by Gasteiger charge is 2.01. The molecule has 2 aromatic heterocycles. The standard InChI is InChI=1S/C10H6N4/c1-2-9-8(3-4-13-14-9)10-7(1)5-11-6-12-10/h1-6H. The van der Waals surface area contributed by atoms with Gasteiger partial charge in [0.05, 0.1) is 17.2 Å². The Bertz CT molecular complexity index is 551. The van der Waals surface area contributed by atoms with E-state index >= 15 is 0 Å². The van der Waals surface area contributed by atoms with E-state index in [1.165, 1.54) is 0 Å². The van der Waals surface area contributed by atoms with Crippen LogP contribution in [0.15, 0.2) is 36.9 Å². The van der Waals surface area contributed by atoms with Crippen LogP contribution < -0.4 is 0 Å². The number of nitrogens with zero attached hydrogens (tertiary/aromatic N) is 4. The van der Waals surface area contributed by atoms with E-state index in [1.807, 2.05) is 18.2 Å². The van der Waals surface area contributed by atoms with E-state index in [-0.39, 0.29) is 0 Å². The highest BCUT2D eigenvalue weighted by molar-refractivity contribution is 6.02. The van der Waals surface area contributed by atoms with Crippen molar-refractivity contribution in [3.05, 3.63) is 36.9 Å². The molecule has 4 nitrogen and oxygen atoms in total. The maximum Gasteiger partial charge on any atom is 0.116 e. The van der Waals surface area contributed by atoms with Crippen LogP contribution in [-0.4, -0.2) is 20.2 Å². The lowest BCUT2D eigenvalue weighted by Gasteiger charge is -1.99. The molecule has 0 spiro atoms. The molecule has 0 N–H and O–H groups in total. The van der Waals surface area contributed by atoms with Crippen LogP contribution in [0.5, 0.6) is 0 Å². The van der Waals surface area contributed by atoms with E-state index in [9.17, 15) is 0 Å². The summed E-state index contributed by atoms with van der Waals surface area (Å²) in [5, 5.41) is 9.88. The van der Waals surface area contributed by atoms with E-state index in [0.29, 0.717) is 0 Å². The maximum atomic E-state index is 4.23. The number of fused-ring (bicyclic) bond motifs is 3. The van der Waals surface area contributed by atoms with Gasteiger partial charge in [0, 0.05) is 17.0 Å².